The third kappa shape index (κ3) is 5.09. The van der Waals surface area contributed by atoms with Crippen molar-refractivity contribution in [1.82, 2.24) is 13.5 Å². The molecule has 3 rings (SSSR count). The van der Waals surface area contributed by atoms with Crippen molar-refractivity contribution < 1.29 is 23.1 Å². The fraction of sp³-hybridized carbons (Fsp3) is 0.632. The molecule has 0 saturated carbocycles. The summed E-state index contributed by atoms with van der Waals surface area (Å²) in [7, 11) is -0.209. The molecule has 2 saturated heterocycles. The zero-order valence-electron chi connectivity index (χ0n) is 16.8. The molecule has 2 aliphatic heterocycles. The van der Waals surface area contributed by atoms with E-state index in [0.29, 0.717) is 18.4 Å². The number of rotatable bonds is 7. The van der Waals surface area contributed by atoms with Crippen molar-refractivity contribution in [2.75, 3.05) is 53.5 Å². The summed E-state index contributed by atoms with van der Waals surface area (Å²) in [4.78, 5) is 10.8. The number of hydrogen-bond acceptors (Lipinski definition) is 5. The van der Waals surface area contributed by atoms with Gasteiger partial charge in [-0.2, -0.15) is 17.0 Å². The van der Waals surface area contributed by atoms with Gasteiger partial charge in [0.25, 0.3) is 16.7 Å². The fourth-order valence-corrected chi connectivity index (χ4v) is 5.49. The van der Waals surface area contributed by atoms with E-state index in [-0.39, 0.29) is 12.5 Å². The second kappa shape index (κ2) is 10.3. The molecule has 9 heteroatoms. The summed E-state index contributed by atoms with van der Waals surface area (Å²) < 4.78 is 34.2. The van der Waals surface area contributed by atoms with E-state index in [1.54, 1.807) is 18.4 Å². The van der Waals surface area contributed by atoms with Gasteiger partial charge < -0.3 is 14.7 Å². The summed E-state index contributed by atoms with van der Waals surface area (Å²) in [6.45, 7) is 6.62. The molecular formula is C19H31N3O5S. The molecular weight excluding hydrogens is 382 g/mol. The molecule has 0 radical (unpaired) electrons. The second-order valence-electron chi connectivity index (χ2n) is 7.20. The number of nitrogens with zero attached hydrogens (tertiary/aromatic N) is 3. The van der Waals surface area contributed by atoms with Crippen LogP contribution in [0.5, 0.6) is 0 Å². The van der Waals surface area contributed by atoms with Crippen molar-refractivity contribution in [2.45, 2.75) is 13.0 Å². The average Bonchev–Trinajstić information content (AvgIpc) is 3.21. The molecule has 0 amide bonds. The van der Waals surface area contributed by atoms with Gasteiger partial charge in [-0.1, -0.05) is 30.3 Å². The quantitative estimate of drug-likeness (QED) is 0.532. The summed E-state index contributed by atoms with van der Waals surface area (Å²) in [5, 5.41) is 6.89. The van der Waals surface area contributed by atoms with Crippen molar-refractivity contribution in [1.29, 1.82) is 0 Å². The maximum Gasteiger partial charge on any atom is 0.290 e. The van der Waals surface area contributed by atoms with Crippen molar-refractivity contribution in [3.05, 3.63) is 35.9 Å². The number of ether oxygens (including phenoxy) is 1. The number of hydrogen-bond donors (Lipinski definition) is 1. The van der Waals surface area contributed by atoms with Crippen molar-refractivity contribution in [2.24, 2.45) is 11.8 Å². The summed E-state index contributed by atoms with van der Waals surface area (Å²) in [5.74, 6) is 0.709. The molecule has 28 heavy (non-hydrogen) atoms. The monoisotopic (exact) mass is 413 g/mol. The number of benzene rings is 1. The van der Waals surface area contributed by atoms with Gasteiger partial charge in [0.1, 0.15) is 0 Å². The van der Waals surface area contributed by atoms with E-state index in [0.717, 1.165) is 38.4 Å². The summed E-state index contributed by atoms with van der Waals surface area (Å²) >= 11 is 0. The Morgan fingerprint density at radius 3 is 2.43 bits per heavy atom. The van der Waals surface area contributed by atoms with Crippen LogP contribution in [0.3, 0.4) is 0 Å². The minimum atomic E-state index is -3.43. The van der Waals surface area contributed by atoms with Crippen LogP contribution in [0.25, 0.3) is 0 Å². The van der Waals surface area contributed by atoms with Crippen molar-refractivity contribution >= 4 is 16.7 Å². The van der Waals surface area contributed by atoms with E-state index in [2.05, 4.69) is 4.90 Å². The normalized spacial score (nSPS) is 25.4. The highest BCUT2D eigenvalue weighted by atomic mass is 32.2. The molecule has 1 N–H and O–H groups in total. The molecule has 0 aromatic heterocycles. The van der Waals surface area contributed by atoms with Gasteiger partial charge in [0, 0.05) is 46.9 Å². The van der Waals surface area contributed by atoms with E-state index in [9.17, 15) is 8.42 Å². The van der Waals surface area contributed by atoms with Crippen LogP contribution >= 0.6 is 0 Å². The highest BCUT2D eigenvalue weighted by Crippen LogP contribution is 2.46. The molecule has 2 heterocycles. The van der Waals surface area contributed by atoms with Gasteiger partial charge in [0.15, 0.2) is 0 Å². The molecule has 0 unspecified atom stereocenters. The highest BCUT2D eigenvalue weighted by Gasteiger charge is 2.51. The number of carbonyl (C=O) groups is 1. The third-order valence-electron chi connectivity index (χ3n) is 5.35. The van der Waals surface area contributed by atoms with Gasteiger partial charge in [0.05, 0.1) is 12.6 Å². The predicted molar refractivity (Wildman–Crippen MR) is 107 cm³/mol. The topological polar surface area (TPSA) is 90.4 Å². The van der Waals surface area contributed by atoms with Crippen LogP contribution in [0.1, 0.15) is 18.5 Å². The zero-order chi connectivity index (χ0) is 20.7. The first kappa shape index (κ1) is 22.8. The highest BCUT2D eigenvalue weighted by molar-refractivity contribution is 7.86. The lowest BCUT2D eigenvalue weighted by Crippen LogP contribution is -2.42. The molecule has 1 aromatic carbocycles. The van der Waals surface area contributed by atoms with E-state index >= 15 is 0 Å². The lowest BCUT2D eigenvalue weighted by Gasteiger charge is -2.31. The molecule has 0 bridgehead atoms. The summed E-state index contributed by atoms with van der Waals surface area (Å²) in [6, 6.07) is 9.97. The van der Waals surface area contributed by atoms with E-state index in [1.165, 1.54) is 4.31 Å². The SMILES string of the molecule is CCOCCN1C[C@H]2CN(S(=O)(=O)N(C)C)[C@H](c3ccccc3)[C@H]2C1.O=CO. The number of likely N-dealkylation sites (tertiary alicyclic amines) is 1. The Balaban J connectivity index is 0.000000878. The van der Waals surface area contributed by atoms with Gasteiger partial charge in [-0.05, 0) is 24.3 Å². The fourth-order valence-electron chi connectivity index (χ4n) is 4.13. The largest absolute Gasteiger partial charge is 0.483 e. The van der Waals surface area contributed by atoms with Crippen LogP contribution < -0.4 is 0 Å². The molecule has 0 aliphatic carbocycles. The first-order chi connectivity index (χ1) is 13.4. The number of carboxylic acid groups (broad SMARTS) is 1. The van der Waals surface area contributed by atoms with E-state index in [4.69, 9.17) is 14.6 Å². The van der Waals surface area contributed by atoms with Crippen LogP contribution in [0.4, 0.5) is 0 Å². The molecule has 2 fully saturated rings. The lowest BCUT2D eigenvalue weighted by atomic mass is 9.90. The van der Waals surface area contributed by atoms with Crippen LogP contribution in [-0.2, 0) is 19.7 Å². The first-order valence-corrected chi connectivity index (χ1v) is 10.9. The molecule has 8 nitrogen and oxygen atoms in total. The zero-order valence-corrected chi connectivity index (χ0v) is 17.6. The Morgan fingerprint density at radius 2 is 1.86 bits per heavy atom. The van der Waals surface area contributed by atoms with Crippen LogP contribution in [0.2, 0.25) is 0 Å². The molecule has 158 valence electrons. The van der Waals surface area contributed by atoms with Crippen molar-refractivity contribution in [3.63, 3.8) is 0 Å². The first-order valence-electron chi connectivity index (χ1n) is 9.49. The van der Waals surface area contributed by atoms with E-state index in [1.807, 2.05) is 37.3 Å². The van der Waals surface area contributed by atoms with Crippen LogP contribution in [-0.4, -0.2) is 87.0 Å². The lowest BCUT2D eigenvalue weighted by molar-refractivity contribution is -0.122. The Labute approximate surface area is 167 Å². The Morgan fingerprint density at radius 1 is 1.21 bits per heavy atom. The minimum absolute atomic E-state index is 0.0873. The van der Waals surface area contributed by atoms with E-state index < -0.39 is 10.2 Å². The van der Waals surface area contributed by atoms with Gasteiger partial charge >= 0.3 is 0 Å². The number of fused-ring (bicyclic) bond motifs is 1. The van der Waals surface area contributed by atoms with Gasteiger partial charge in [-0.25, -0.2) is 0 Å². The molecule has 3 atom stereocenters. The Hall–Kier alpha value is -1.52. The van der Waals surface area contributed by atoms with Gasteiger partial charge in [0.2, 0.25) is 0 Å². The Kier molecular flexibility index (Phi) is 8.38. The Bertz CT molecular complexity index is 714. The van der Waals surface area contributed by atoms with Crippen LogP contribution in [0, 0.1) is 11.8 Å². The van der Waals surface area contributed by atoms with Crippen molar-refractivity contribution in [3.8, 4) is 0 Å². The third-order valence-corrected chi connectivity index (χ3v) is 7.24. The van der Waals surface area contributed by atoms with Crippen LogP contribution in [0.15, 0.2) is 30.3 Å². The maximum atomic E-state index is 12.9. The standard InChI is InChI=1S/C18H29N3O3S.CH2O2/c1-4-24-11-10-20-12-16-13-21(25(22,23)19(2)3)18(17(16)14-20)15-8-6-5-7-9-15;2-1-3/h5-9,16-18H,4,10-14H2,1-3H3;1H,(H,2,3)/t16-,17-,18+;/m0./s1. The average molecular weight is 414 g/mol. The summed E-state index contributed by atoms with van der Waals surface area (Å²) in [6.07, 6.45) is 0. The van der Waals surface area contributed by atoms with Gasteiger partial charge in [-0.15, -0.1) is 0 Å². The smallest absolute Gasteiger partial charge is 0.290 e. The minimum Gasteiger partial charge on any atom is -0.483 e. The predicted octanol–water partition coefficient (Wildman–Crippen LogP) is 1.14. The maximum absolute atomic E-state index is 12.9. The molecule has 0 spiro atoms. The van der Waals surface area contributed by atoms with Gasteiger partial charge in [-0.3, -0.25) is 4.79 Å². The summed E-state index contributed by atoms with van der Waals surface area (Å²) in [5.41, 5.74) is 1.09. The second-order valence-corrected chi connectivity index (χ2v) is 9.30. The molecule has 2 aliphatic rings. The molecule has 1 aromatic rings.